The van der Waals surface area contributed by atoms with Gasteiger partial charge in [-0.1, -0.05) is 0 Å². The molecule has 2 rings (SSSR count). The molecule has 5 heteroatoms. The summed E-state index contributed by atoms with van der Waals surface area (Å²) in [5.41, 5.74) is 1.03. The van der Waals surface area contributed by atoms with Crippen LogP contribution in [-0.2, 0) is 0 Å². The fourth-order valence-corrected chi connectivity index (χ4v) is 2.61. The Hall–Kier alpha value is -1.75. The van der Waals surface area contributed by atoms with Crippen molar-refractivity contribution in [1.82, 2.24) is 4.90 Å². The van der Waals surface area contributed by atoms with Crippen LogP contribution in [0.3, 0.4) is 0 Å². The topological polar surface area (TPSA) is 61.8 Å². The summed E-state index contributed by atoms with van der Waals surface area (Å²) in [6, 6.07) is 4.98. The number of benzene rings is 1. The number of anilines is 1. The first kappa shape index (κ1) is 14.7. The van der Waals surface area contributed by atoms with E-state index in [0.29, 0.717) is 11.4 Å². The van der Waals surface area contributed by atoms with Gasteiger partial charge in [-0.2, -0.15) is 0 Å². The highest BCUT2D eigenvalue weighted by atomic mass is 16.5. The first-order valence-electron chi connectivity index (χ1n) is 6.81. The van der Waals surface area contributed by atoms with Gasteiger partial charge in [0.2, 0.25) is 0 Å². The smallest absolute Gasteiger partial charge is 0.337 e. The van der Waals surface area contributed by atoms with Crippen LogP contribution in [0.25, 0.3) is 0 Å². The SMILES string of the molecule is COc1ccc(C(=O)O)c(NCC2(N(C)C)CCC2)c1. The number of carboxylic acids is 1. The summed E-state index contributed by atoms with van der Waals surface area (Å²) in [7, 11) is 5.72. The number of nitrogens with zero attached hydrogens (tertiary/aromatic N) is 1. The highest BCUT2D eigenvalue weighted by molar-refractivity contribution is 5.94. The number of nitrogens with one attached hydrogen (secondary N) is 1. The fourth-order valence-electron chi connectivity index (χ4n) is 2.61. The van der Waals surface area contributed by atoms with Crippen LogP contribution in [-0.4, -0.2) is 49.3 Å². The summed E-state index contributed by atoms with van der Waals surface area (Å²) in [6.45, 7) is 0.743. The molecule has 110 valence electrons. The maximum absolute atomic E-state index is 11.3. The number of aromatic carboxylic acids is 1. The van der Waals surface area contributed by atoms with Crippen molar-refractivity contribution in [2.45, 2.75) is 24.8 Å². The molecule has 0 aromatic heterocycles. The van der Waals surface area contributed by atoms with Crippen molar-refractivity contribution in [3.8, 4) is 5.75 Å². The van der Waals surface area contributed by atoms with E-state index in [4.69, 9.17) is 4.74 Å². The van der Waals surface area contributed by atoms with E-state index in [2.05, 4.69) is 24.3 Å². The van der Waals surface area contributed by atoms with E-state index in [1.54, 1.807) is 25.3 Å². The first-order chi connectivity index (χ1) is 9.48. The molecular weight excluding hydrogens is 256 g/mol. The van der Waals surface area contributed by atoms with Gasteiger partial charge in [-0.05, 0) is 45.5 Å². The van der Waals surface area contributed by atoms with Gasteiger partial charge in [0, 0.05) is 18.2 Å². The second-order valence-electron chi connectivity index (χ2n) is 5.54. The number of rotatable bonds is 6. The number of hydrogen-bond acceptors (Lipinski definition) is 4. The molecule has 0 saturated heterocycles. The lowest BCUT2D eigenvalue weighted by Crippen LogP contribution is -2.54. The quantitative estimate of drug-likeness (QED) is 0.836. The first-order valence-corrected chi connectivity index (χ1v) is 6.81. The molecule has 1 aromatic carbocycles. The Kier molecular flexibility index (Phi) is 4.18. The van der Waals surface area contributed by atoms with E-state index in [-0.39, 0.29) is 11.1 Å². The number of hydrogen-bond donors (Lipinski definition) is 2. The summed E-state index contributed by atoms with van der Waals surface area (Å²) in [6.07, 6.45) is 3.50. The van der Waals surface area contributed by atoms with Gasteiger partial charge < -0.3 is 20.1 Å². The van der Waals surface area contributed by atoms with Crippen LogP contribution in [0.4, 0.5) is 5.69 Å². The third-order valence-corrected chi connectivity index (χ3v) is 4.30. The second kappa shape index (κ2) is 5.71. The van der Waals surface area contributed by atoms with Crippen LogP contribution in [0.5, 0.6) is 5.75 Å². The summed E-state index contributed by atoms with van der Waals surface area (Å²) in [4.78, 5) is 13.5. The monoisotopic (exact) mass is 278 g/mol. The molecule has 0 bridgehead atoms. The van der Waals surface area contributed by atoms with Gasteiger partial charge in [-0.3, -0.25) is 0 Å². The molecule has 1 aromatic rings. The zero-order valence-electron chi connectivity index (χ0n) is 12.3. The number of carbonyl (C=O) groups is 1. The Labute approximate surface area is 119 Å². The average molecular weight is 278 g/mol. The second-order valence-corrected chi connectivity index (χ2v) is 5.54. The third-order valence-electron chi connectivity index (χ3n) is 4.30. The van der Waals surface area contributed by atoms with Gasteiger partial charge in [0.15, 0.2) is 0 Å². The molecule has 20 heavy (non-hydrogen) atoms. The Bertz CT molecular complexity index is 496. The lowest BCUT2D eigenvalue weighted by Gasteiger charge is -2.47. The van der Waals surface area contributed by atoms with E-state index in [1.807, 2.05) is 0 Å². The predicted molar refractivity (Wildman–Crippen MR) is 78.7 cm³/mol. The minimum atomic E-state index is -0.928. The van der Waals surface area contributed by atoms with Gasteiger partial charge in [0.1, 0.15) is 5.75 Å². The normalized spacial score (nSPS) is 16.6. The van der Waals surface area contributed by atoms with Crippen molar-refractivity contribution >= 4 is 11.7 Å². The zero-order valence-corrected chi connectivity index (χ0v) is 12.3. The van der Waals surface area contributed by atoms with Crippen molar-refractivity contribution in [1.29, 1.82) is 0 Å². The Balaban J connectivity index is 2.17. The standard InChI is InChI=1S/C15H22N2O3/c1-17(2)15(7-4-8-15)10-16-13-9-11(20-3)5-6-12(13)14(18)19/h5-6,9,16H,4,7-8,10H2,1-3H3,(H,18,19). The summed E-state index contributed by atoms with van der Waals surface area (Å²) < 4.78 is 5.17. The molecule has 0 spiro atoms. The Morgan fingerprint density at radius 2 is 2.15 bits per heavy atom. The van der Waals surface area contributed by atoms with E-state index in [1.165, 1.54) is 6.42 Å². The predicted octanol–water partition coefficient (Wildman–Crippen LogP) is 2.29. The molecule has 1 fully saturated rings. The molecule has 0 heterocycles. The lowest BCUT2D eigenvalue weighted by molar-refractivity contribution is 0.0693. The average Bonchev–Trinajstić information content (AvgIpc) is 2.36. The van der Waals surface area contributed by atoms with Gasteiger partial charge in [0.05, 0.1) is 18.4 Å². The minimum Gasteiger partial charge on any atom is -0.497 e. The third kappa shape index (κ3) is 2.72. The summed E-state index contributed by atoms with van der Waals surface area (Å²) >= 11 is 0. The van der Waals surface area contributed by atoms with Gasteiger partial charge in [-0.25, -0.2) is 4.79 Å². The molecule has 0 unspecified atom stereocenters. The molecule has 5 nitrogen and oxygen atoms in total. The molecule has 1 saturated carbocycles. The van der Waals surface area contributed by atoms with Gasteiger partial charge >= 0.3 is 5.97 Å². The van der Waals surface area contributed by atoms with Crippen LogP contribution >= 0.6 is 0 Å². The molecule has 1 aliphatic rings. The highest BCUT2D eigenvalue weighted by Crippen LogP contribution is 2.36. The summed E-state index contributed by atoms with van der Waals surface area (Å²) in [5, 5.41) is 12.5. The van der Waals surface area contributed by atoms with Crippen molar-refractivity contribution < 1.29 is 14.6 Å². The molecule has 0 atom stereocenters. The van der Waals surface area contributed by atoms with Gasteiger partial charge in [0.25, 0.3) is 0 Å². The Morgan fingerprint density at radius 3 is 2.60 bits per heavy atom. The molecule has 0 radical (unpaired) electrons. The van der Waals surface area contributed by atoms with Crippen LogP contribution in [0.2, 0.25) is 0 Å². The molecule has 1 aliphatic carbocycles. The Morgan fingerprint density at radius 1 is 1.45 bits per heavy atom. The van der Waals surface area contributed by atoms with Gasteiger partial charge in [-0.15, -0.1) is 0 Å². The molecule has 2 N–H and O–H groups in total. The lowest BCUT2D eigenvalue weighted by atomic mass is 9.75. The number of carboxylic acid groups (broad SMARTS) is 1. The van der Waals surface area contributed by atoms with Crippen molar-refractivity contribution in [3.05, 3.63) is 23.8 Å². The van der Waals surface area contributed by atoms with E-state index < -0.39 is 5.97 Å². The van der Waals surface area contributed by atoms with Crippen molar-refractivity contribution in [2.75, 3.05) is 33.1 Å². The number of ether oxygens (including phenoxy) is 1. The number of likely N-dealkylation sites (N-methyl/N-ethyl adjacent to an activating group) is 1. The van der Waals surface area contributed by atoms with E-state index in [0.717, 1.165) is 19.4 Å². The molecule has 0 aliphatic heterocycles. The van der Waals surface area contributed by atoms with Crippen LogP contribution < -0.4 is 10.1 Å². The maximum atomic E-state index is 11.3. The largest absolute Gasteiger partial charge is 0.497 e. The fraction of sp³-hybridized carbons (Fsp3) is 0.533. The molecule has 0 amide bonds. The van der Waals surface area contributed by atoms with Crippen molar-refractivity contribution in [3.63, 3.8) is 0 Å². The summed E-state index contributed by atoms with van der Waals surface area (Å²) in [5.74, 6) is -0.271. The highest BCUT2D eigenvalue weighted by Gasteiger charge is 2.38. The number of methoxy groups -OCH3 is 1. The maximum Gasteiger partial charge on any atom is 0.337 e. The van der Waals surface area contributed by atoms with Crippen LogP contribution in [0.1, 0.15) is 29.6 Å². The van der Waals surface area contributed by atoms with Crippen molar-refractivity contribution in [2.24, 2.45) is 0 Å². The minimum absolute atomic E-state index is 0.138. The zero-order chi connectivity index (χ0) is 14.8. The van der Waals surface area contributed by atoms with Crippen LogP contribution in [0, 0.1) is 0 Å². The van der Waals surface area contributed by atoms with E-state index >= 15 is 0 Å². The molecular formula is C15H22N2O3. The van der Waals surface area contributed by atoms with E-state index in [9.17, 15) is 9.90 Å². The van der Waals surface area contributed by atoms with Crippen LogP contribution in [0.15, 0.2) is 18.2 Å².